The Labute approximate surface area is 63.9 Å². The van der Waals surface area contributed by atoms with Gasteiger partial charge in [-0.15, -0.1) is 4.48 Å². The average Bonchev–Trinajstić information content (AvgIpc) is 1.85. The Morgan fingerprint density at radius 2 is 1.58 bits per heavy atom. The lowest BCUT2D eigenvalue weighted by Gasteiger charge is -2.25. The number of hydrogen-bond donors (Lipinski definition) is 2. The van der Waals surface area contributed by atoms with Gasteiger partial charge in [-0.3, -0.25) is 0 Å². The lowest BCUT2D eigenvalue weighted by Crippen LogP contribution is -2.51. The Hall–Kier alpha value is -0.470. The smallest absolute Gasteiger partial charge is 0.395 e. The van der Waals surface area contributed by atoms with E-state index in [9.17, 15) is 22.0 Å². The third kappa shape index (κ3) is 2.26. The van der Waals surface area contributed by atoms with Crippen molar-refractivity contribution in [1.82, 2.24) is 5.12 Å². The molecule has 0 aromatic rings. The minimum absolute atomic E-state index is 1.07. The maximum absolute atomic E-state index is 12.0. The Bertz CT molecular complexity index is 147. The molecular formula is C4H6F5NO2. The summed E-state index contributed by atoms with van der Waals surface area (Å²) in [5.74, 6) is 0. The second kappa shape index (κ2) is 3.50. The molecule has 0 aliphatic rings. The van der Waals surface area contributed by atoms with Crippen molar-refractivity contribution in [1.29, 1.82) is 0 Å². The third-order valence-corrected chi connectivity index (χ3v) is 0.963. The molecule has 3 nitrogen and oxygen atoms in total. The zero-order valence-corrected chi connectivity index (χ0v) is 5.65. The first-order chi connectivity index (χ1) is 5.23. The maximum atomic E-state index is 12.0. The van der Waals surface area contributed by atoms with Gasteiger partial charge in [0.05, 0.1) is 13.2 Å². The molecule has 12 heavy (non-hydrogen) atoms. The van der Waals surface area contributed by atoms with E-state index in [0.717, 1.165) is 0 Å². The fraction of sp³-hybridized carbons (Fsp3) is 1.00. The molecule has 0 unspecified atom stereocenters. The molecular weight excluding hydrogens is 189 g/mol. The molecule has 8 heteroatoms. The summed E-state index contributed by atoms with van der Waals surface area (Å²) in [6, 6.07) is -5.32. The molecule has 0 heterocycles. The van der Waals surface area contributed by atoms with Crippen molar-refractivity contribution in [2.24, 2.45) is 0 Å². The van der Waals surface area contributed by atoms with Gasteiger partial charge in [-0.2, -0.15) is 17.6 Å². The van der Waals surface area contributed by atoms with E-state index in [1.807, 2.05) is 0 Å². The molecule has 0 aromatic carbocycles. The van der Waals surface area contributed by atoms with Crippen LogP contribution in [0.3, 0.4) is 0 Å². The van der Waals surface area contributed by atoms with Crippen molar-refractivity contribution < 1.29 is 32.3 Å². The van der Waals surface area contributed by atoms with Gasteiger partial charge in [0.15, 0.2) is 0 Å². The first kappa shape index (κ1) is 11.5. The maximum Gasteiger partial charge on any atom is 0.434 e. The van der Waals surface area contributed by atoms with E-state index >= 15 is 0 Å². The number of nitrogens with zero attached hydrogens (tertiary/aromatic N) is 1. The standard InChI is InChI=1S/C4H6F5NO2/c5-3(6,4(7,8)12)10(9)1-2-11/h11-12H,1-2H2. The van der Waals surface area contributed by atoms with Crippen LogP contribution in [0.5, 0.6) is 0 Å². The minimum Gasteiger partial charge on any atom is -0.395 e. The van der Waals surface area contributed by atoms with Crippen LogP contribution in [-0.4, -0.2) is 40.6 Å². The Kier molecular flexibility index (Phi) is 3.36. The molecule has 0 saturated heterocycles. The quantitative estimate of drug-likeness (QED) is 0.386. The monoisotopic (exact) mass is 195 g/mol. The molecule has 0 bridgehead atoms. The Balaban J connectivity index is 4.38. The lowest BCUT2D eigenvalue weighted by atomic mass is 10.5. The molecule has 0 saturated carbocycles. The lowest BCUT2D eigenvalue weighted by molar-refractivity contribution is -0.405. The van der Waals surface area contributed by atoms with Gasteiger partial charge in [-0.1, -0.05) is 5.12 Å². The molecule has 2 N–H and O–H groups in total. The zero-order valence-electron chi connectivity index (χ0n) is 5.65. The van der Waals surface area contributed by atoms with Crippen LogP contribution in [0, 0.1) is 0 Å². The van der Waals surface area contributed by atoms with E-state index < -0.39 is 30.4 Å². The number of aliphatic hydroxyl groups is 2. The molecule has 0 aromatic heterocycles. The Morgan fingerprint density at radius 1 is 1.17 bits per heavy atom. The summed E-state index contributed by atoms with van der Waals surface area (Å²) in [5.41, 5.74) is 0. The highest BCUT2D eigenvalue weighted by Gasteiger charge is 2.60. The van der Waals surface area contributed by atoms with Crippen LogP contribution in [0.25, 0.3) is 0 Å². The highest BCUT2D eigenvalue weighted by Crippen LogP contribution is 2.34. The molecule has 0 aliphatic carbocycles. The van der Waals surface area contributed by atoms with Crippen LogP contribution in [0.2, 0.25) is 0 Å². The highest BCUT2D eigenvalue weighted by molar-refractivity contribution is 4.70. The van der Waals surface area contributed by atoms with E-state index in [-0.39, 0.29) is 0 Å². The molecule has 0 rings (SSSR count). The summed E-state index contributed by atoms with van der Waals surface area (Å²) < 4.78 is 58.9. The van der Waals surface area contributed by atoms with Gasteiger partial charge < -0.3 is 10.2 Å². The van der Waals surface area contributed by atoms with E-state index in [4.69, 9.17) is 10.2 Å². The van der Waals surface area contributed by atoms with E-state index in [2.05, 4.69) is 0 Å². The SMILES string of the molecule is OCCN(F)C(F)(F)C(O)(F)F. The first-order valence-corrected chi connectivity index (χ1v) is 2.75. The molecule has 0 spiro atoms. The summed E-state index contributed by atoms with van der Waals surface area (Å²) in [6.07, 6.45) is -5.48. The highest BCUT2D eigenvalue weighted by atomic mass is 19.3. The molecule has 0 radical (unpaired) electrons. The predicted octanol–water partition coefficient (Wildman–Crippen LogP) is 0.343. The predicted molar refractivity (Wildman–Crippen MR) is 27.0 cm³/mol. The van der Waals surface area contributed by atoms with E-state index in [0.29, 0.717) is 0 Å². The Morgan fingerprint density at radius 3 is 1.83 bits per heavy atom. The van der Waals surface area contributed by atoms with Crippen LogP contribution in [-0.2, 0) is 0 Å². The van der Waals surface area contributed by atoms with Gasteiger partial charge >= 0.3 is 12.2 Å². The largest absolute Gasteiger partial charge is 0.434 e. The van der Waals surface area contributed by atoms with Crippen LogP contribution in [0.15, 0.2) is 0 Å². The zero-order chi connectivity index (χ0) is 9.99. The summed E-state index contributed by atoms with van der Waals surface area (Å²) >= 11 is 0. The van der Waals surface area contributed by atoms with Crippen molar-refractivity contribution >= 4 is 0 Å². The topological polar surface area (TPSA) is 43.7 Å². The normalized spacial score (nSPS) is 14.0. The van der Waals surface area contributed by atoms with Gasteiger partial charge in [0.2, 0.25) is 0 Å². The number of aliphatic hydroxyl groups excluding tert-OH is 1. The van der Waals surface area contributed by atoms with E-state index in [1.54, 1.807) is 0 Å². The van der Waals surface area contributed by atoms with Gasteiger partial charge in [0.25, 0.3) is 0 Å². The van der Waals surface area contributed by atoms with Crippen molar-refractivity contribution in [3.63, 3.8) is 0 Å². The molecule has 0 amide bonds. The molecule has 74 valence electrons. The van der Waals surface area contributed by atoms with Crippen molar-refractivity contribution in [3.8, 4) is 0 Å². The summed E-state index contributed by atoms with van der Waals surface area (Å²) in [5, 5.41) is 13.8. The van der Waals surface area contributed by atoms with Crippen molar-refractivity contribution in [2.75, 3.05) is 13.2 Å². The third-order valence-electron chi connectivity index (χ3n) is 0.963. The average molecular weight is 195 g/mol. The molecule has 0 atom stereocenters. The molecule has 0 aliphatic heterocycles. The van der Waals surface area contributed by atoms with Gasteiger partial charge in [-0.05, 0) is 0 Å². The number of rotatable bonds is 4. The van der Waals surface area contributed by atoms with Crippen molar-refractivity contribution in [3.05, 3.63) is 0 Å². The number of alkyl halides is 4. The minimum atomic E-state index is -5.48. The number of hydrogen-bond acceptors (Lipinski definition) is 3. The summed E-state index contributed by atoms with van der Waals surface area (Å²) in [6.45, 7) is -2.38. The number of halogens is 5. The van der Waals surface area contributed by atoms with Crippen molar-refractivity contribution in [2.45, 2.75) is 12.2 Å². The van der Waals surface area contributed by atoms with Gasteiger partial charge in [0.1, 0.15) is 0 Å². The van der Waals surface area contributed by atoms with Crippen LogP contribution in [0.4, 0.5) is 22.0 Å². The van der Waals surface area contributed by atoms with Crippen LogP contribution < -0.4 is 0 Å². The van der Waals surface area contributed by atoms with Crippen LogP contribution >= 0.6 is 0 Å². The van der Waals surface area contributed by atoms with Gasteiger partial charge in [-0.25, -0.2) is 0 Å². The second-order valence-corrected chi connectivity index (χ2v) is 1.89. The summed E-state index contributed by atoms with van der Waals surface area (Å²) in [4.78, 5) is 0. The van der Waals surface area contributed by atoms with Gasteiger partial charge in [0, 0.05) is 0 Å². The first-order valence-electron chi connectivity index (χ1n) is 2.75. The fourth-order valence-corrected chi connectivity index (χ4v) is 0.374. The van der Waals surface area contributed by atoms with Crippen LogP contribution in [0.1, 0.15) is 0 Å². The van der Waals surface area contributed by atoms with E-state index in [1.165, 1.54) is 0 Å². The molecule has 0 fully saturated rings. The fourth-order valence-electron chi connectivity index (χ4n) is 0.374. The summed E-state index contributed by atoms with van der Waals surface area (Å²) in [7, 11) is 0. The second-order valence-electron chi connectivity index (χ2n) is 1.89.